The molecule has 0 aliphatic rings. The molecule has 1 aromatic heterocycles. The van der Waals surface area contributed by atoms with Crippen LogP contribution in [0.3, 0.4) is 0 Å². The Morgan fingerprint density at radius 1 is 1.35 bits per heavy atom. The van der Waals surface area contributed by atoms with Gasteiger partial charge in [0.1, 0.15) is 11.5 Å². The molecule has 0 aliphatic carbocycles. The lowest BCUT2D eigenvalue weighted by molar-refractivity contribution is -0.118. The van der Waals surface area contributed by atoms with E-state index in [9.17, 15) is 9.00 Å². The van der Waals surface area contributed by atoms with E-state index in [0.717, 1.165) is 12.0 Å². The van der Waals surface area contributed by atoms with E-state index in [1.807, 2.05) is 19.1 Å². The number of hydrogen-bond acceptors (Lipinski definition) is 5. The Labute approximate surface area is 160 Å². The summed E-state index contributed by atoms with van der Waals surface area (Å²) in [6, 6.07) is 7.13. The summed E-state index contributed by atoms with van der Waals surface area (Å²) in [5.41, 5.74) is 1.39. The second-order valence-corrected chi connectivity index (χ2v) is 7.55. The van der Waals surface area contributed by atoms with Gasteiger partial charge in [-0.15, -0.1) is 0 Å². The van der Waals surface area contributed by atoms with Crippen LogP contribution >= 0.6 is 11.6 Å². The van der Waals surface area contributed by atoms with Crippen LogP contribution in [0.25, 0.3) is 11.5 Å². The number of oxazole rings is 1. The summed E-state index contributed by atoms with van der Waals surface area (Å²) in [7, 11) is -1.35. The molecule has 0 fully saturated rings. The highest BCUT2D eigenvalue weighted by Crippen LogP contribution is 2.23. The molecule has 0 bridgehead atoms. The fraction of sp³-hybridized carbons (Fsp3) is 0.444. The van der Waals surface area contributed by atoms with Gasteiger partial charge in [0, 0.05) is 41.1 Å². The molecule has 0 saturated carbocycles. The van der Waals surface area contributed by atoms with Crippen LogP contribution in [-0.4, -0.2) is 40.6 Å². The molecule has 1 heterocycles. The van der Waals surface area contributed by atoms with Crippen molar-refractivity contribution in [3.05, 3.63) is 40.7 Å². The minimum Gasteiger partial charge on any atom is -0.441 e. The lowest BCUT2D eigenvalue weighted by Crippen LogP contribution is -2.30. The van der Waals surface area contributed by atoms with Crippen molar-refractivity contribution in [1.82, 2.24) is 10.3 Å². The zero-order valence-electron chi connectivity index (χ0n) is 14.9. The molecule has 0 unspecified atom stereocenters. The number of carbonyl (C=O) groups excluding carboxylic acids is 1. The van der Waals surface area contributed by atoms with E-state index < -0.39 is 10.8 Å². The largest absolute Gasteiger partial charge is 0.441 e. The van der Waals surface area contributed by atoms with Crippen molar-refractivity contribution in [2.45, 2.75) is 26.0 Å². The predicted molar refractivity (Wildman–Crippen MR) is 103 cm³/mol. The van der Waals surface area contributed by atoms with E-state index in [0.29, 0.717) is 42.1 Å². The van der Waals surface area contributed by atoms with Gasteiger partial charge in [-0.25, -0.2) is 4.98 Å². The highest BCUT2D eigenvalue weighted by atomic mass is 35.5. The third-order valence-corrected chi connectivity index (χ3v) is 5.00. The smallest absolute Gasteiger partial charge is 0.232 e. The van der Waals surface area contributed by atoms with Crippen LogP contribution in [0.5, 0.6) is 0 Å². The summed E-state index contributed by atoms with van der Waals surface area (Å²) < 4.78 is 23.1. The second-order valence-electron chi connectivity index (χ2n) is 5.66. The number of ether oxygens (including phenoxy) is 1. The van der Waals surface area contributed by atoms with Crippen molar-refractivity contribution in [1.29, 1.82) is 0 Å². The van der Waals surface area contributed by atoms with Crippen LogP contribution in [0.4, 0.5) is 0 Å². The summed E-state index contributed by atoms with van der Waals surface area (Å²) in [5.74, 6) is 0.929. The first kappa shape index (κ1) is 20.6. The summed E-state index contributed by atoms with van der Waals surface area (Å²) in [6.45, 7) is 5.47. The molecule has 0 saturated heterocycles. The SMILES string of the molecule is CCOCCCNC(=O)C[S@](=O)Cc1nc(-c2ccc(Cl)cc2)oc1C. The summed E-state index contributed by atoms with van der Waals surface area (Å²) >= 11 is 5.88. The van der Waals surface area contributed by atoms with Crippen molar-refractivity contribution < 1.29 is 18.2 Å². The van der Waals surface area contributed by atoms with E-state index in [1.54, 1.807) is 19.1 Å². The van der Waals surface area contributed by atoms with Gasteiger partial charge < -0.3 is 14.5 Å². The van der Waals surface area contributed by atoms with Gasteiger partial charge in [0.15, 0.2) is 0 Å². The maximum absolute atomic E-state index is 12.2. The number of aryl methyl sites for hydroxylation is 1. The molecule has 142 valence electrons. The highest BCUT2D eigenvalue weighted by Gasteiger charge is 2.16. The number of carbonyl (C=O) groups is 1. The number of amides is 1. The number of halogens is 1. The van der Waals surface area contributed by atoms with E-state index in [4.69, 9.17) is 20.8 Å². The van der Waals surface area contributed by atoms with Gasteiger partial charge in [0.2, 0.25) is 11.8 Å². The fourth-order valence-electron chi connectivity index (χ4n) is 2.23. The number of aromatic nitrogens is 1. The first-order valence-corrected chi connectivity index (χ1v) is 10.3. The van der Waals surface area contributed by atoms with Gasteiger partial charge >= 0.3 is 0 Å². The van der Waals surface area contributed by atoms with Gasteiger partial charge in [-0.1, -0.05) is 11.6 Å². The Bertz CT molecular complexity index is 746. The molecule has 1 N–H and O–H groups in total. The second kappa shape index (κ2) is 10.4. The fourth-order valence-corrected chi connectivity index (χ4v) is 3.42. The Kier molecular flexibility index (Phi) is 8.28. The van der Waals surface area contributed by atoms with Gasteiger partial charge in [0.25, 0.3) is 0 Å². The molecule has 0 spiro atoms. The minimum absolute atomic E-state index is 0.0583. The van der Waals surface area contributed by atoms with E-state index >= 15 is 0 Å². The van der Waals surface area contributed by atoms with E-state index in [-0.39, 0.29) is 17.4 Å². The standard InChI is InChI=1S/C18H23ClN2O4S/c1-3-24-10-4-9-20-17(22)12-26(23)11-16-13(2)25-18(21-16)14-5-7-15(19)8-6-14/h5-8H,3-4,9-12H2,1-2H3,(H,20,22)/t26-/m1/s1. The monoisotopic (exact) mass is 398 g/mol. The van der Waals surface area contributed by atoms with Crippen LogP contribution in [0, 0.1) is 6.92 Å². The van der Waals surface area contributed by atoms with Gasteiger partial charge in [0.05, 0.1) is 11.4 Å². The Morgan fingerprint density at radius 3 is 2.77 bits per heavy atom. The lowest BCUT2D eigenvalue weighted by atomic mass is 10.2. The van der Waals surface area contributed by atoms with Crippen molar-refractivity contribution in [3.63, 3.8) is 0 Å². The molecule has 1 amide bonds. The molecule has 0 radical (unpaired) electrons. The summed E-state index contributed by atoms with van der Waals surface area (Å²) in [4.78, 5) is 16.2. The molecule has 8 heteroatoms. The number of nitrogens with one attached hydrogen (secondary N) is 1. The zero-order chi connectivity index (χ0) is 18.9. The first-order valence-electron chi connectivity index (χ1n) is 8.41. The van der Waals surface area contributed by atoms with Crippen LogP contribution in [-0.2, 0) is 26.1 Å². The topological polar surface area (TPSA) is 81.4 Å². The average molecular weight is 399 g/mol. The Hall–Kier alpha value is -1.70. The molecule has 1 atom stereocenters. The number of hydrogen-bond donors (Lipinski definition) is 1. The summed E-state index contributed by atoms with van der Waals surface area (Å²) in [5, 5.41) is 3.37. The third-order valence-electron chi connectivity index (χ3n) is 3.57. The van der Waals surface area contributed by atoms with Crippen molar-refractivity contribution in [2.75, 3.05) is 25.5 Å². The maximum atomic E-state index is 12.2. The number of benzene rings is 1. The van der Waals surface area contributed by atoms with Crippen LogP contribution in [0.2, 0.25) is 5.02 Å². The normalized spacial score (nSPS) is 12.1. The maximum Gasteiger partial charge on any atom is 0.232 e. The zero-order valence-corrected chi connectivity index (χ0v) is 16.5. The minimum atomic E-state index is -1.35. The van der Waals surface area contributed by atoms with E-state index in [1.165, 1.54) is 0 Å². The third kappa shape index (κ3) is 6.55. The van der Waals surface area contributed by atoms with Gasteiger partial charge in [-0.05, 0) is 44.5 Å². The Balaban J connectivity index is 1.85. The van der Waals surface area contributed by atoms with Crippen LogP contribution in [0.1, 0.15) is 24.8 Å². The lowest BCUT2D eigenvalue weighted by Gasteiger charge is -2.05. The first-order chi connectivity index (χ1) is 12.5. The van der Waals surface area contributed by atoms with Crippen LogP contribution < -0.4 is 5.32 Å². The molecule has 6 nitrogen and oxygen atoms in total. The molecule has 1 aromatic carbocycles. The number of nitrogens with zero attached hydrogens (tertiary/aromatic N) is 1. The molecule has 0 aliphatic heterocycles. The molecule has 2 rings (SSSR count). The molecular formula is C18H23ClN2O4S. The quantitative estimate of drug-likeness (QED) is 0.622. The number of rotatable bonds is 10. The van der Waals surface area contributed by atoms with Crippen molar-refractivity contribution >= 4 is 28.3 Å². The van der Waals surface area contributed by atoms with Crippen molar-refractivity contribution in [2.24, 2.45) is 0 Å². The molecular weight excluding hydrogens is 376 g/mol. The van der Waals surface area contributed by atoms with Gasteiger partial charge in [-0.3, -0.25) is 9.00 Å². The van der Waals surface area contributed by atoms with Gasteiger partial charge in [-0.2, -0.15) is 0 Å². The Morgan fingerprint density at radius 2 is 2.08 bits per heavy atom. The average Bonchev–Trinajstić information content (AvgIpc) is 2.95. The van der Waals surface area contributed by atoms with Crippen LogP contribution in [0.15, 0.2) is 28.7 Å². The summed E-state index contributed by atoms with van der Waals surface area (Å²) in [6.07, 6.45) is 0.735. The predicted octanol–water partition coefficient (Wildman–Crippen LogP) is 3.09. The van der Waals surface area contributed by atoms with E-state index in [2.05, 4.69) is 10.3 Å². The molecule has 2 aromatic rings. The molecule has 26 heavy (non-hydrogen) atoms. The van der Waals surface area contributed by atoms with Crippen molar-refractivity contribution in [3.8, 4) is 11.5 Å². The highest BCUT2D eigenvalue weighted by molar-refractivity contribution is 7.84.